The number of aromatic nitrogens is 5. The Balaban J connectivity index is 0.941. The maximum absolute atomic E-state index is 14.3. The van der Waals surface area contributed by atoms with Crippen LogP contribution in [0.1, 0.15) is 66.7 Å². The topological polar surface area (TPSA) is 79.5 Å². The molecule has 2 unspecified atom stereocenters. The molecule has 3 aliphatic rings. The summed E-state index contributed by atoms with van der Waals surface area (Å²) in [5.41, 5.74) is 6.66. The van der Waals surface area contributed by atoms with Crippen LogP contribution in [-0.4, -0.2) is 68.2 Å². The lowest BCUT2D eigenvalue weighted by Gasteiger charge is -2.32. The van der Waals surface area contributed by atoms with Gasteiger partial charge in [0, 0.05) is 48.2 Å². The van der Waals surface area contributed by atoms with Crippen LogP contribution in [0.5, 0.6) is 5.88 Å². The summed E-state index contributed by atoms with van der Waals surface area (Å²) >= 11 is 0. The van der Waals surface area contributed by atoms with E-state index >= 15 is 0 Å². The predicted octanol–water partition coefficient (Wildman–Crippen LogP) is 6.84. The molecule has 48 heavy (non-hydrogen) atoms. The maximum atomic E-state index is 14.3. The third-order valence-corrected chi connectivity index (χ3v) is 10.1. The third-order valence-electron chi connectivity index (χ3n) is 10.1. The normalized spacial score (nSPS) is 20.6. The van der Waals surface area contributed by atoms with E-state index < -0.39 is 0 Å². The Hall–Kier alpha value is -4.12. The number of hydrogen-bond donors (Lipinski definition) is 0. The predicted molar refractivity (Wildman–Crippen MR) is 181 cm³/mol. The van der Waals surface area contributed by atoms with Crippen LogP contribution in [0, 0.1) is 12.7 Å². The second-order valence-corrected chi connectivity index (χ2v) is 13.5. The summed E-state index contributed by atoms with van der Waals surface area (Å²) in [5, 5.41) is 4.92. The van der Waals surface area contributed by atoms with Gasteiger partial charge in [-0.25, -0.2) is 14.4 Å². The van der Waals surface area contributed by atoms with Crippen LogP contribution in [0.15, 0.2) is 66.9 Å². The number of aryl methyl sites for hydroxylation is 1. The average Bonchev–Trinajstić information content (AvgIpc) is 3.72. The van der Waals surface area contributed by atoms with Crippen molar-refractivity contribution in [3.05, 3.63) is 95.3 Å². The highest BCUT2D eigenvalue weighted by molar-refractivity contribution is 5.82. The molecule has 8 rings (SSSR count). The average molecular weight is 651 g/mol. The van der Waals surface area contributed by atoms with Crippen molar-refractivity contribution in [3.8, 4) is 17.1 Å². The molecule has 3 aromatic heterocycles. The summed E-state index contributed by atoms with van der Waals surface area (Å²) < 4.78 is 36.2. The van der Waals surface area contributed by atoms with E-state index in [4.69, 9.17) is 29.3 Å². The van der Waals surface area contributed by atoms with Gasteiger partial charge in [-0.3, -0.25) is 9.58 Å². The number of piperidine rings is 1. The van der Waals surface area contributed by atoms with Gasteiger partial charge in [-0.2, -0.15) is 5.10 Å². The number of nitrogens with zero attached hydrogens (tertiary/aromatic N) is 6. The summed E-state index contributed by atoms with van der Waals surface area (Å²) in [4.78, 5) is 12.5. The Bertz CT molecular complexity index is 1870. The molecule has 5 aromatic rings. The van der Waals surface area contributed by atoms with E-state index in [1.165, 1.54) is 6.07 Å². The number of ether oxygens (including phenoxy) is 3. The molecule has 2 aromatic carbocycles. The summed E-state index contributed by atoms with van der Waals surface area (Å²) in [6.07, 6.45) is 7.59. The second kappa shape index (κ2) is 13.8. The van der Waals surface area contributed by atoms with E-state index in [0.717, 1.165) is 117 Å². The van der Waals surface area contributed by atoms with Gasteiger partial charge < -0.3 is 18.8 Å². The van der Waals surface area contributed by atoms with Gasteiger partial charge in [0.2, 0.25) is 5.88 Å². The number of imidazole rings is 1. The molecule has 3 fully saturated rings. The van der Waals surface area contributed by atoms with Crippen LogP contribution in [0.3, 0.4) is 0 Å². The van der Waals surface area contributed by atoms with E-state index in [1.54, 1.807) is 6.07 Å². The fraction of sp³-hybridized carbons (Fsp3) is 0.447. The lowest BCUT2D eigenvalue weighted by atomic mass is 9.93. The van der Waals surface area contributed by atoms with Crippen molar-refractivity contribution in [2.75, 3.05) is 32.9 Å². The molecule has 2 atom stereocenters. The molecule has 3 saturated heterocycles. The van der Waals surface area contributed by atoms with Gasteiger partial charge in [-0.1, -0.05) is 24.3 Å². The number of hydrogen-bond acceptors (Lipinski definition) is 7. The lowest BCUT2D eigenvalue weighted by molar-refractivity contribution is -0.0592. The quantitative estimate of drug-likeness (QED) is 0.164. The Kier molecular flexibility index (Phi) is 8.95. The SMILES string of the molecule is Cc1ccc(COc2cccc(C3CCN(Cc4nc5cc(-c6ccn(C7CCCOC7)n6)ccc5n4CC4CCO4)CC3)n2)c(F)c1. The van der Waals surface area contributed by atoms with E-state index in [-0.39, 0.29) is 18.5 Å². The molecular formula is C38H43FN6O3. The molecule has 0 bridgehead atoms. The first-order valence-electron chi connectivity index (χ1n) is 17.4. The summed E-state index contributed by atoms with van der Waals surface area (Å²) in [7, 11) is 0. The van der Waals surface area contributed by atoms with E-state index in [0.29, 0.717) is 23.4 Å². The smallest absolute Gasteiger partial charge is 0.213 e. The zero-order valence-electron chi connectivity index (χ0n) is 27.6. The molecule has 250 valence electrons. The van der Waals surface area contributed by atoms with Crippen LogP contribution >= 0.6 is 0 Å². The van der Waals surface area contributed by atoms with Crippen molar-refractivity contribution in [3.63, 3.8) is 0 Å². The van der Waals surface area contributed by atoms with Crippen molar-refractivity contribution < 1.29 is 18.6 Å². The van der Waals surface area contributed by atoms with Crippen molar-refractivity contribution in [1.82, 2.24) is 29.2 Å². The van der Waals surface area contributed by atoms with Gasteiger partial charge in [-0.15, -0.1) is 0 Å². The molecule has 0 amide bonds. The molecular weight excluding hydrogens is 607 g/mol. The minimum absolute atomic E-state index is 0.161. The van der Waals surface area contributed by atoms with Crippen LogP contribution < -0.4 is 4.74 Å². The molecule has 0 radical (unpaired) electrons. The fourth-order valence-electron chi connectivity index (χ4n) is 7.17. The third kappa shape index (κ3) is 6.74. The number of benzene rings is 2. The van der Waals surface area contributed by atoms with Gasteiger partial charge in [0.25, 0.3) is 0 Å². The first kappa shape index (κ1) is 31.2. The van der Waals surface area contributed by atoms with Crippen molar-refractivity contribution in [2.45, 2.75) is 76.8 Å². The molecule has 0 spiro atoms. The highest BCUT2D eigenvalue weighted by Gasteiger charge is 2.26. The molecule has 0 aliphatic carbocycles. The van der Waals surface area contributed by atoms with E-state index in [9.17, 15) is 4.39 Å². The number of pyridine rings is 1. The minimum atomic E-state index is -0.245. The number of rotatable bonds is 10. The summed E-state index contributed by atoms with van der Waals surface area (Å²) in [5.74, 6) is 1.73. The van der Waals surface area contributed by atoms with Crippen LogP contribution in [0.4, 0.5) is 4.39 Å². The van der Waals surface area contributed by atoms with Gasteiger partial charge >= 0.3 is 0 Å². The van der Waals surface area contributed by atoms with Crippen LogP contribution in [0.25, 0.3) is 22.3 Å². The van der Waals surface area contributed by atoms with Gasteiger partial charge in [0.05, 0.1) is 48.6 Å². The fourth-order valence-corrected chi connectivity index (χ4v) is 7.17. The monoisotopic (exact) mass is 650 g/mol. The molecule has 9 nitrogen and oxygen atoms in total. The van der Waals surface area contributed by atoms with Gasteiger partial charge in [0.15, 0.2) is 0 Å². The minimum Gasteiger partial charge on any atom is -0.473 e. The summed E-state index contributed by atoms with van der Waals surface area (Å²) in [6.45, 7) is 7.98. The molecule has 10 heteroatoms. The molecule has 0 N–H and O–H groups in total. The zero-order valence-corrected chi connectivity index (χ0v) is 27.6. The Morgan fingerprint density at radius 1 is 0.958 bits per heavy atom. The van der Waals surface area contributed by atoms with Gasteiger partial charge in [-0.05, 0) is 88.0 Å². The number of likely N-dealkylation sites (tertiary alicyclic amines) is 1. The van der Waals surface area contributed by atoms with Crippen LogP contribution in [0.2, 0.25) is 0 Å². The molecule has 6 heterocycles. The standard InChI is InChI=1S/C38H43FN6O3/c1-26-7-8-29(32(39)20-26)24-48-38-6-2-5-33(41-38)27-11-15-43(16-12-27)23-37-40-35-21-28(9-10-36(35)44(37)22-31-14-19-47-31)34-13-17-45(42-34)30-4-3-18-46-25-30/h2,5-10,13,17,20-21,27,30-31H,3-4,11-12,14-16,18-19,22-25H2,1H3. The second-order valence-electron chi connectivity index (χ2n) is 13.5. The zero-order chi connectivity index (χ0) is 32.5. The Morgan fingerprint density at radius 3 is 2.65 bits per heavy atom. The van der Waals surface area contributed by atoms with Gasteiger partial charge in [0.1, 0.15) is 18.2 Å². The largest absolute Gasteiger partial charge is 0.473 e. The van der Waals surface area contributed by atoms with Crippen molar-refractivity contribution in [2.24, 2.45) is 0 Å². The first-order valence-corrected chi connectivity index (χ1v) is 17.4. The highest BCUT2D eigenvalue weighted by atomic mass is 19.1. The highest BCUT2D eigenvalue weighted by Crippen LogP contribution is 2.31. The lowest BCUT2D eigenvalue weighted by Crippen LogP contribution is -2.35. The van der Waals surface area contributed by atoms with Crippen molar-refractivity contribution >= 4 is 11.0 Å². The number of halogens is 1. The van der Waals surface area contributed by atoms with E-state index in [1.807, 2.05) is 25.1 Å². The number of fused-ring (bicyclic) bond motifs is 1. The first-order chi connectivity index (χ1) is 23.6. The van der Waals surface area contributed by atoms with Crippen LogP contribution in [-0.2, 0) is 29.2 Å². The maximum Gasteiger partial charge on any atom is 0.213 e. The molecule has 0 saturated carbocycles. The van der Waals surface area contributed by atoms with E-state index in [2.05, 4.69) is 50.7 Å². The Morgan fingerprint density at radius 2 is 1.85 bits per heavy atom. The Labute approximate surface area is 280 Å². The van der Waals surface area contributed by atoms with Crippen molar-refractivity contribution in [1.29, 1.82) is 0 Å². The summed E-state index contributed by atoms with van der Waals surface area (Å²) in [6, 6.07) is 20.1. The molecule has 3 aliphatic heterocycles.